The van der Waals surface area contributed by atoms with Crippen LogP contribution in [0.3, 0.4) is 0 Å². The number of carboxylic acids is 1. The average molecular weight is 406 g/mol. The van der Waals surface area contributed by atoms with Crippen LogP contribution in [0, 0.1) is 0 Å². The maximum atomic E-state index is 11.5. The van der Waals surface area contributed by atoms with Crippen molar-refractivity contribution in [1.29, 1.82) is 0 Å². The minimum Gasteiger partial charge on any atom is -0.481 e. The number of nitrogens with zero attached hydrogens (tertiary/aromatic N) is 2. The summed E-state index contributed by atoms with van der Waals surface area (Å²) in [5, 5.41) is 18.9. The second kappa shape index (κ2) is 7.51. The number of carboxylic acid groups (broad SMARTS) is 1. The summed E-state index contributed by atoms with van der Waals surface area (Å²) in [4.78, 5) is 10.9. The van der Waals surface area contributed by atoms with E-state index >= 15 is 0 Å². The van der Waals surface area contributed by atoms with Crippen molar-refractivity contribution in [2.45, 2.75) is 17.7 Å². The summed E-state index contributed by atoms with van der Waals surface area (Å²) in [5.74, 6) is -0.945. The van der Waals surface area contributed by atoms with Crippen LogP contribution in [0.25, 0.3) is 16.9 Å². The number of primary sulfonamides is 1. The summed E-state index contributed by atoms with van der Waals surface area (Å²) in [6.07, 6.45) is 0.0750. The van der Waals surface area contributed by atoms with Gasteiger partial charge in [0.05, 0.1) is 33.4 Å². The maximum absolute atomic E-state index is 11.5. The normalized spacial score (nSPS) is 11.5. The van der Waals surface area contributed by atoms with Crippen LogP contribution in [0.1, 0.15) is 12.1 Å². The topological polar surface area (TPSA) is 115 Å². The van der Waals surface area contributed by atoms with Crippen molar-refractivity contribution >= 4 is 27.6 Å². The molecule has 3 rings (SSSR count). The number of halogens is 1. The molecule has 0 bridgehead atoms. The van der Waals surface area contributed by atoms with Gasteiger partial charge >= 0.3 is 5.97 Å². The molecule has 3 aromatic rings. The van der Waals surface area contributed by atoms with E-state index in [0.29, 0.717) is 22.1 Å². The van der Waals surface area contributed by atoms with E-state index in [0.717, 1.165) is 5.56 Å². The summed E-state index contributed by atoms with van der Waals surface area (Å²) >= 11 is 6.51. The number of benzene rings is 2. The standard InChI is InChI=1S/C18H16ClN3O4S/c19-17-15(10-11-16(23)24)21-22(18(17)12-4-2-1-3-5-12)13-6-8-14(9-7-13)27(20,25)26/h1-9H,10-11H2,(H,23,24)(H2,20,25,26). The van der Waals surface area contributed by atoms with Crippen LogP contribution in [0.4, 0.5) is 0 Å². The first-order valence-corrected chi connectivity index (χ1v) is 9.87. The quantitative estimate of drug-likeness (QED) is 0.654. The van der Waals surface area contributed by atoms with Crippen LogP contribution < -0.4 is 5.14 Å². The fourth-order valence-corrected chi connectivity index (χ4v) is 3.48. The Morgan fingerprint density at radius 2 is 1.74 bits per heavy atom. The van der Waals surface area contributed by atoms with E-state index in [1.54, 1.807) is 16.8 Å². The third kappa shape index (κ3) is 4.19. The van der Waals surface area contributed by atoms with E-state index in [4.69, 9.17) is 21.8 Å². The number of hydrogen-bond donors (Lipinski definition) is 2. The van der Waals surface area contributed by atoms with E-state index in [1.807, 2.05) is 30.3 Å². The Bertz CT molecular complexity index is 1080. The molecule has 1 aromatic heterocycles. The Kier molecular flexibility index (Phi) is 5.31. The molecule has 3 N–H and O–H groups in total. The molecule has 0 radical (unpaired) electrons. The van der Waals surface area contributed by atoms with Crippen LogP contribution in [-0.2, 0) is 21.2 Å². The maximum Gasteiger partial charge on any atom is 0.303 e. The molecule has 0 atom stereocenters. The first-order valence-electron chi connectivity index (χ1n) is 7.95. The monoisotopic (exact) mass is 405 g/mol. The largest absolute Gasteiger partial charge is 0.481 e. The predicted octanol–water partition coefficient (Wildman–Crippen LogP) is 2.86. The van der Waals surface area contributed by atoms with E-state index in [-0.39, 0.29) is 17.7 Å². The van der Waals surface area contributed by atoms with Crippen molar-refractivity contribution in [2.24, 2.45) is 5.14 Å². The van der Waals surface area contributed by atoms with Gasteiger partial charge in [0, 0.05) is 12.0 Å². The molecule has 2 aromatic carbocycles. The van der Waals surface area contributed by atoms with Gasteiger partial charge in [-0.05, 0) is 24.3 Å². The van der Waals surface area contributed by atoms with Crippen LogP contribution in [-0.4, -0.2) is 29.3 Å². The Labute approximate surface area is 161 Å². The molecule has 7 nitrogen and oxygen atoms in total. The van der Waals surface area contributed by atoms with Gasteiger partial charge in [-0.2, -0.15) is 5.10 Å². The lowest BCUT2D eigenvalue weighted by Crippen LogP contribution is -2.12. The molecular weight excluding hydrogens is 390 g/mol. The third-order valence-corrected chi connectivity index (χ3v) is 5.25. The Hall–Kier alpha value is -2.68. The van der Waals surface area contributed by atoms with Crippen molar-refractivity contribution in [3.05, 3.63) is 65.3 Å². The number of aromatic nitrogens is 2. The van der Waals surface area contributed by atoms with Gasteiger partial charge in [0.15, 0.2) is 0 Å². The summed E-state index contributed by atoms with van der Waals surface area (Å²) in [5.41, 5.74) is 2.42. The fourth-order valence-electron chi connectivity index (χ4n) is 2.64. The zero-order valence-corrected chi connectivity index (χ0v) is 15.6. The van der Waals surface area contributed by atoms with Gasteiger partial charge < -0.3 is 5.11 Å². The predicted molar refractivity (Wildman–Crippen MR) is 101 cm³/mol. The van der Waals surface area contributed by atoms with Gasteiger partial charge in [0.1, 0.15) is 0 Å². The SMILES string of the molecule is NS(=O)(=O)c1ccc(-n2nc(CCC(=O)O)c(Cl)c2-c2ccccc2)cc1. The van der Waals surface area contributed by atoms with Gasteiger partial charge in [-0.1, -0.05) is 41.9 Å². The van der Waals surface area contributed by atoms with E-state index in [2.05, 4.69) is 5.10 Å². The molecule has 0 spiro atoms. The molecule has 0 unspecified atom stereocenters. The zero-order chi connectivity index (χ0) is 19.6. The van der Waals surface area contributed by atoms with Crippen LogP contribution >= 0.6 is 11.6 Å². The highest BCUT2D eigenvalue weighted by Gasteiger charge is 2.20. The minimum atomic E-state index is -3.81. The molecule has 0 aliphatic rings. The lowest BCUT2D eigenvalue weighted by Gasteiger charge is -2.09. The lowest BCUT2D eigenvalue weighted by molar-refractivity contribution is -0.136. The zero-order valence-electron chi connectivity index (χ0n) is 14.0. The van der Waals surface area contributed by atoms with Crippen molar-refractivity contribution in [3.8, 4) is 16.9 Å². The summed E-state index contributed by atoms with van der Waals surface area (Å²) in [7, 11) is -3.81. The highest BCUT2D eigenvalue weighted by Crippen LogP contribution is 2.33. The van der Waals surface area contributed by atoms with Gasteiger partial charge in [-0.3, -0.25) is 4.79 Å². The summed E-state index contributed by atoms with van der Waals surface area (Å²) in [6.45, 7) is 0. The fraction of sp³-hybridized carbons (Fsp3) is 0.111. The summed E-state index contributed by atoms with van der Waals surface area (Å²) in [6, 6.07) is 15.2. The summed E-state index contributed by atoms with van der Waals surface area (Å²) < 4.78 is 24.5. The Balaban J connectivity index is 2.13. The molecule has 140 valence electrons. The van der Waals surface area contributed by atoms with Crippen molar-refractivity contribution in [3.63, 3.8) is 0 Å². The minimum absolute atomic E-state index is 0.0168. The van der Waals surface area contributed by atoms with E-state index < -0.39 is 16.0 Å². The number of sulfonamides is 1. The molecule has 0 amide bonds. The molecule has 0 aliphatic carbocycles. The number of rotatable bonds is 6. The number of carbonyl (C=O) groups is 1. The average Bonchev–Trinajstić information content (AvgIpc) is 2.96. The van der Waals surface area contributed by atoms with Gasteiger partial charge in [0.2, 0.25) is 10.0 Å². The van der Waals surface area contributed by atoms with E-state index in [1.165, 1.54) is 12.1 Å². The first kappa shape index (κ1) is 19.1. The molecule has 27 heavy (non-hydrogen) atoms. The Morgan fingerprint density at radius 3 is 2.30 bits per heavy atom. The molecule has 1 heterocycles. The molecule has 0 aliphatic heterocycles. The molecule has 0 saturated heterocycles. The van der Waals surface area contributed by atoms with Crippen molar-refractivity contribution in [2.75, 3.05) is 0 Å². The number of aliphatic carboxylic acids is 1. The van der Waals surface area contributed by atoms with Crippen LogP contribution in [0.15, 0.2) is 59.5 Å². The molecule has 0 fully saturated rings. The smallest absolute Gasteiger partial charge is 0.303 e. The van der Waals surface area contributed by atoms with Gasteiger partial charge in [0.25, 0.3) is 0 Å². The van der Waals surface area contributed by atoms with Crippen molar-refractivity contribution < 1.29 is 18.3 Å². The molecule has 9 heteroatoms. The van der Waals surface area contributed by atoms with Crippen molar-refractivity contribution in [1.82, 2.24) is 9.78 Å². The number of aryl methyl sites for hydroxylation is 1. The number of hydrogen-bond acceptors (Lipinski definition) is 4. The van der Waals surface area contributed by atoms with Crippen LogP contribution in [0.5, 0.6) is 0 Å². The van der Waals surface area contributed by atoms with Gasteiger partial charge in [-0.25, -0.2) is 18.2 Å². The Morgan fingerprint density at radius 1 is 1.11 bits per heavy atom. The van der Waals surface area contributed by atoms with Crippen LogP contribution in [0.2, 0.25) is 5.02 Å². The third-order valence-electron chi connectivity index (χ3n) is 3.93. The second-order valence-corrected chi connectivity index (χ2v) is 7.76. The number of nitrogens with two attached hydrogens (primary N) is 1. The highest BCUT2D eigenvalue weighted by atomic mass is 35.5. The van der Waals surface area contributed by atoms with E-state index in [9.17, 15) is 13.2 Å². The second-order valence-electron chi connectivity index (χ2n) is 5.82. The first-order chi connectivity index (χ1) is 12.8. The lowest BCUT2D eigenvalue weighted by atomic mass is 10.1. The highest BCUT2D eigenvalue weighted by molar-refractivity contribution is 7.89. The molecule has 0 saturated carbocycles. The van der Waals surface area contributed by atoms with Gasteiger partial charge in [-0.15, -0.1) is 0 Å². The molecular formula is C18H16ClN3O4S.